The molecule has 0 amide bonds. The predicted molar refractivity (Wildman–Crippen MR) is 106 cm³/mol. The van der Waals surface area contributed by atoms with Crippen LogP contribution in [0.25, 0.3) is 32.7 Å². The molecule has 2 nitrogen and oxygen atoms in total. The van der Waals surface area contributed by atoms with Gasteiger partial charge in [0.25, 0.3) is 0 Å². The first-order chi connectivity index (χ1) is 12.1. The number of halogens is 2. The van der Waals surface area contributed by atoms with Crippen molar-refractivity contribution in [3.8, 4) is 16.9 Å². The van der Waals surface area contributed by atoms with Crippen molar-refractivity contribution in [1.82, 2.24) is 0 Å². The van der Waals surface area contributed by atoms with Crippen LogP contribution in [0.2, 0.25) is 0 Å². The molecule has 0 spiro atoms. The average Bonchev–Trinajstić information content (AvgIpc) is 2.61. The van der Waals surface area contributed by atoms with Gasteiger partial charge in [-0.05, 0) is 47.0 Å². The van der Waals surface area contributed by atoms with Crippen molar-refractivity contribution in [2.75, 3.05) is 0 Å². The third-order valence-corrected chi connectivity index (χ3v) is 3.97. The van der Waals surface area contributed by atoms with E-state index in [9.17, 15) is 5.11 Å². The molecule has 5 heteroatoms. The fourth-order valence-corrected chi connectivity index (χ4v) is 2.99. The molecule has 0 bridgehead atoms. The van der Waals surface area contributed by atoms with E-state index in [1.54, 1.807) is 19.9 Å². The van der Waals surface area contributed by atoms with Gasteiger partial charge in [-0.25, -0.2) is 0 Å². The van der Waals surface area contributed by atoms with Gasteiger partial charge in [-0.3, -0.25) is 0 Å². The summed E-state index contributed by atoms with van der Waals surface area (Å²) in [4.78, 5) is 0. The summed E-state index contributed by atoms with van der Waals surface area (Å²) in [6.45, 7) is 3.44. The number of rotatable bonds is 1. The van der Waals surface area contributed by atoms with E-state index in [-0.39, 0.29) is 52.6 Å². The molecule has 0 saturated heterocycles. The summed E-state index contributed by atoms with van der Waals surface area (Å²) in [5.41, 5.74) is 1.98. The van der Waals surface area contributed by atoms with Crippen LogP contribution in [0.4, 0.5) is 0 Å². The zero-order valence-electron chi connectivity index (χ0n) is 15.7. The second-order valence-corrected chi connectivity index (χ2v) is 6.30. The van der Waals surface area contributed by atoms with E-state index in [0.29, 0.717) is 5.75 Å². The molecule has 0 saturated carbocycles. The molecule has 2 N–H and O–H groups in total. The maximum Gasteiger partial charge on any atom is 2.00 e. The van der Waals surface area contributed by atoms with Crippen LogP contribution in [0.5, 0.6) is 5.75 Å². The Morgan fingerprint density at radius 3 is 1.71 bits per heavy atom. The summed E-state index contributed by atoms with van der Waals surface area (Å²) in [6.07, 6.45) is -0.167. The van der Waals surface area contributed by atoms with Crippen molar-refractivity contribution in [2.24, 2.45) is 0 Å². The van der Waals surface area contributed by atoms with E-state index in [2.05, 4.69) is 36.4 Å². The molecule has 0 aliphatic carbocycles. The fraction of sp³-hybridized carbons (Fsp3) is 0.130. The van der Waals surface area contributed by atoms with Crippen molar-refractivity contribution in [3.63, 3.8) is 0 Å². The Bertz CT molecular complexity index is 1010. The Labute approximate surface area is 193 Å². The molecule has 0 fully saturated rings. The predicted octanol–water partition coefficient (Wildman–Crippen LogP) is -0.242. The fourth-order valence-electron chi connectivity index (χ4n) is 2.99. The molecular weight excluding hydrogens is 427 g/mol. The largest absolute Gasteiger partial charge is 2.00 e. The quantitative estimate of drug-likeness (QED) is 0.394. The molecule has 0 unspecified atom stereocenters. The van der Waals surface area contributed by atoms with Crippen LogP contribution in [-0.2, 0) is 21.7 Å². The zero-order chi connectivity index (χ0) is 17.8. The van der Waals surface area contributed by atoms with Gasteiger partial charge < -0.3 is 35.0 Å². The number of benzene rings is 4. The Balaban J connectivity index is 0.000000959. The maximum atomic E-state index is 10.4. The van der Waals surface area contributed by atoms with Crippen molar-refractivity contribution < 1.29 is 56.7 Å². The molecule has 0 aromatic heterocycles. The van der Waals surface area contributed by atoms with Crippen LogP contribution in [0, 0.1) is 0 Å². The maximum absolute atomic E-state index is 10.4. The Morgan fingerprint density at radius 2 is 1.11 bits per heavy atom. The van der Waals surface area contributed by atoms with E-state index in [0.717, 1.165) is 27.3 Å². The van der Waals surface area contributed by atoms with E-state index < -0.39 is 0 Å². The first kappa shape index (κ1) is 26.5. The summed E-state index contributed by atoms with van der Waals surface area (Å²) >= 11 is 0. The smallest absolute Gasteiger partial charge is 1.00 e. The topological polar surface area (TPSA) is 40.5 Å². The SMILES string of the molecule is CC(C)O.Oc1ccc2ccccc2c1-c1cccc2ccccc12.[Cl-].[Cl-].[Ti+2]. The first-order valence-electron chi connectivity index (χ1n) is 8.45. The van der Waals surface area contributed by atoms with Crippen LogP contribution >= 0.6 is 0 Å². The molecule has 4 rings (SSSR count). The number of phenolic OH excluding ortho intramolecular Hbond substituents is 1. The number of aliphatic hydroxyl groups excluding tert-OH is 1. The van der Waals surface area contributed by atoms with Gasteiger partial charge in [-0.1, -0.05) is 72.8 Å². The van der Waals surface area contributed by atoms with Crippen LogP contribution in [0.1, 0.15) is 13.8 Å². The Morgan fingerprint density at radius 1 is 0.643 bits per heavy atom. The number of hydrogen-bond donors (Lipinski definition) is 2. The van der Waals surface area contributed by atoms with Crippen LogP contribution < -0.4 is 24.8 Å². The number of aromatic hydroxyl groups is 1. The van der Waals surface area contributed by atoms with Crippen molar-refractivity contribution >= 4 is 21.5 Å². The molecular formula is C23H22Cl2O2Ti. The molecule has 4 aromatic rings. The Hall–Kier alpha value is -1.55. The third-order valence-electron chi connectivity index (χ3n) is 3.97. The van der Waals surface area contributed by atoms with Gasteiger partial charge in [-0.2, -0.15) is 0 Å². The van der Waals surface area contributed by atoms with Crippen molar-refractivity contribution in [2.45, 2.75) is 20.0 Å². The van der Waals surface area contributed by atoms with Gasteiger partial charge in [0.2, 0.25) is 0 Å². The van der Waals surface area contributed by atoms with Crippen LogP contribution in [0.3, 0.4) is 0 Å². The van der Waals surface area contributed by atoms with Gasteiger partial charge in [0, 0.05) is 11.7 Å². The molecule has 0 atom stereocenters. The number of fused-ring (bicyclic) bond motifs is 2. The van der Waals surface area contributed by atoms with Crippen LogP contribution in [-0.4, -0.2) is 16.3 Å². The molecule has 0 aliphatic rings. The van der Waals surface area contributed by atoms with E-state index >= 15 is 0 Å². The van der Waals surface area contributed by atoms with Gasteiger partial charge in [0.05, 0.1) is 0 Å². The molecule has 144 valence electrons. The number of aliphatic hydroxyl groups is 1. The molecule has 0 radical (unpaired) electrons. The van der Waals surface area contributed by atoms with E-state index in [4.69, 9.17) is 5.11 Å². The normalized spacial score (nSPS) is 9.57. The van der Waals surface area contributed by atoms with Crippen molar-refractivity contribution in [3.05, 3.63) is 78.9 Å². The number of phenols is 1. The second-order valence-electron chi connectivity index (χ2n) is 6.30. The van der Waals surface area contributed by atoms with Crippen molar-refractivity contribution in [1.29, 1.82) is 0 Å². The molecule has 4 aromatic carbocycles. The second kappa shape index (κ2) is 12.1. The summed E-state index contributed by atoms with van der Waals surface area (Å²) in [6, 6.07) is 26.4. The minimum absolute atomic E-state index is 0. The van der Waals surface area contributed by atoms with Gasteiger partial charge >= 0.3 is 21.7 Å². The minimum atomic E-state index is -0.167. The first-order valence-corrected chi connectivity index (χ1v) is 8.45. The third kappa shape index (κ3) is 5.97. The van der Waals surface area contributed by atoms with E-state index in [1.807, 2.05) is 36.4 Å². The Kier molecular flexibility index (Phi) is 11.4. The molecule has 28 heavy (non-hydrogen) atoms. The van der Waals surface area contributed by atoms with Gasteiger partial charge in [0.15, 0.2) is 0 Å². The monoisotopic (exact) mass is 448 g/mol. The molecule has 0 aliphatic heterocycles. The van der Waals surface area contributed by atoms with E-state index in [1.165, 1.54) is 5.39 Å². The summed E-state index contributed by atoms with van der Waals surface area (Å²) in [7, 11) is 0. The average molecular weight is 449 g/mol. The zero-order valence-corrected chi connectivity index (χ0v) is 18.8. The van der Waals surface area contributed by atoms with Crippen LogP contribution in [0.15, 0.2) is 78.9 Å². The standard InChI is InChI=1S/C20H14O.C3H8O.2ClH.Ti/c21-19-13-12-15-7-2-4-10-17(15)20(19)18-11-5-8-14-6-1-3-9-16(14)18;1-3(2)4;;;/h1-13,21H;3-4H,1-2H3;2*1H;/q;;;;+2/p-2. The minimum Gasteiger partial charge on any atom is -1.00 e. The number of hydrogen-bond acceptors (Lipinski definition) is 2. The summed E-state index contributed by atoms with van der Waals surface area (Å²) in [5, 5.41) is 23.0. The summed E-state index contributed by atoms with van der Waals surface area (Å²) in [5.74, 6) is 0.324. The summed E-state index contributed by atoms with van der Waals surface area (Å²) < 4.78 is 0. The van der Waals surface area contributed by atoms with Gasteiger partial charge in [0.1, 0.15) is 5.75 Å². The van der Waals surface area contributed by atoms with Gasteiger partial charge in [-0.15, -0.1) is 0 Å². The molecule has 0 heterocycles.